The number of hydrogen-bond donors (Lipinski definition) is 2. The van der Waals surface area contributed by atoms with E-state index in [-0.39, 0.29) is 26.9 Å². The minimum absolute atomic E-state index is 0.108. The Hall–Kier alpha value is -1.19. The molecule has 0 bridgehead atoms. The van der Waals surface area contributed by atoms with Crippen LogP contribution in [-0.2, 0) is 10.0 Å². The smallest absolute Gasteiger partial charge is 0.304 e. The van der Waals surface area contributed by atoms with Crippen LogP contribution in [0.2, 0.25) is 0 Å². The number of rotatable bonds is 6. The van der Waals surface area contributed by atoms with Gasteiger partial charge in [0.25, 0.3) is 10.0 Å². The fourth-order valence-electron chi connectivity index (χ4n) is 1.60. The largest absolute Gasteiger partial charge is 0.385 e. The Bertz CT molecular complexity index is 565. The summed E-state index contributed by atoms with van der Waals surface area (Å²) in [4.78, 5) is 9.98. The maximum absolute atomic E-state index is 12.1. The van der Waals surface area contributed by atoms with Gasteiger partial charge in [0, 0.05) is 12.1 Å². The molecule has 1 aromatic heterocycles. The second-order valence-corrected chi connectivity index (χ2v) is 7.48. The zero-order valence-electron chi connectivity index (χ0n) is 10.9. The highest BCUT2D eigenvalue weighted by atomic mass is 32.2. The van der Waals surface area contributed by atoms with Crippen molar-refractivity contribution >= 4 is 32.0 Å². The summed E-state index contributed by atoms with van der Waals surface area (Å²) >= 11 is 0.699. The summed E-state index contributed by atoms with van der Waals surface area (Å²) in [6.07, 6.45) is 0.639. The van der Waals surface area contributed by atoms with Crippen molar-refractivity contribution in [1.82, 2.24) is 4.72 Å². The van der Waals surface area contributed by atoms with Crippen LogP contribution in [-0.4, -0.2) is 19.4 Å². The van der Waals surface area contributed by atoms with Crippen LogP contribution in [0, 0.1) is 16.0 Å². The molecule has 9 heteroatoms. The third-order valence-electron chi connectivity index (χ3n) is 2.73. The fourth-order valence-corrected chi connectivity index (χ4v) is 4.29. The van der Waals surface area contributed by atoms with Crippen molar-refractivity contribution in [3.05, 3.63) is 16.2 Å². The molecule has 0 spiro atoms. The lowest BCUT2D eigenvalue weighted by Crippen LogP contribution is -2.37. The molecule has 1 rings (SSSR count). The maximum Gasteiger partial charge on any atom is 0.304 e. The molecule has 0 saturated carbocycles. The summed E-state index contributed by atoms with van der Waals surface area (Å²) in [6.45, 7) is 5.68. The highest BCUT2D eigenvalue weighted by molar-refractivity contribution is 7.91. The van der Waals surface area contributed by atoms with Gasteiger partial charge >= 0.3 is 5.69 Å². The molecule has 0 amide bonds. The van der Waals surface area contributed by atoms with Gasteiger partial charge in [0.05, 0.1) is 4.92 Å². The molecule has 0 aliphatic heterocycles. The van der Waals surface area contributed by atoms with Gasteiger partial charge in [0.15, 0.2) is 5.00 Å². The van der Waals surface area contributed by atoms with Crippen LogP contribution in [0.15, 0.2) is 10.3 Å². The van der Waals surface area contributed by atoms with E-state index < -0.39 is 14.9 Å². The molecule has 7 nitrogen and oxygen atoms in total. The lowest BCUT2D eigenvalue weighted by molar-refractivity contribution is -0.383. The number of sulfonamides is 1. The van der Waals surface area contributed by atoms with Gasteiger partial charge in [0.2, 0.25) is 0 Å². The first-order chi connectivity index (χ1) is 8.69. The van der Waals surface area contributed by atoms with Crippen LogP contribution in [0.4, 0.5) is 10.7 Å². The maximum atomic E-state index is 12.1. The fraction of sp³-hybridized carbons (Fsp3) is 0.600. The first kappa shape index (κ1) is 15.9. The molecule has 0 saturated heterocycles. The van der Waals surface area contributed by atoms with Crippen molar-refractivity contribution in [1.29, 1.82) is 0 Å². The van der Waals surface area contributed by atoms with Gasteiger partial charge in [-0.3, -0.25) is 10.1 Å². The van der Waals surface area contributed by atoms with E-state index in [0.29, 0.717) is 17.8 Å². The zero-order valence-corrected chi connectivity index (χ0v) is 12.5. The molecule has 0 radical (unpaired) electrons. The van der Waals surface area contributed by atoms with Gasteiger partial charge in [-0.1, -0.05) is 32.1 Å². The quantitative estimate of drug-likeness (QED) is 0.615. The number of nitrogens with zero attached hydrogens (tertiary/aromatic N) is 1. The monoisotopic (exact) mass is 307 g/mol. The second kappa shape index (κ2) is 5.85. The molecule has 1 aromatic rings. The first-order valence-corrected chi connectivity index (χ1v) is 8.05. The van der Waals surface area contributed by atoms with E-state index in [9.17, 15) is 18.5 Å². The first-order valence-electron chi connectivity index (χ1n) is 5.75. The third kappa shape index (κ3) is 3.64. The lowest BCUT2D eigenvalue weighted by atomic mass is 10.0. The van der Waals surface area contributed by atoms with Gasteiger partial charge in [-0.25, -0.2) is 13.1 Å². The van der Waals surface area contributed by atoms with Crippen molar-refractivity contribution in [3.63, 3.8) is 0 Å². The summed E-state index contributed by atoms with van der Waals surface area (Å²) in [5.41, 5.74) is 5.07. The normalized spacial score (nSPS) is 13.7. The van der Waals surface area contributed by atoms with Crippen LogP contribution in [0.1, 0.15) is 27.2 Å². The summed E-state index contributed by atoms with van der Waals surface area (Å²) in [5.74, 6) is 0.132. The Morgan fingerprint density at radius 2 is 2.11 bits per heavy atom. The van der Waals surface area contributed by atoms with Crippen LogP contribution >= 0.6 is 11.3 Å². The van der Waals surface area contributed by atoms with E-state index in [4.69, 9.17) is 5.73 Å². The standard InChI is InChI=1S/C10H17N3O4S2/c1-4-7(6(2)3)12-19(16,17)9-5-8(13(14)15)10(11)18-9/h5-7,12H,4,11H2,1-3H3. The molecule has 1 heterocycles. The Kier molecular flexibility index (Phi) is 4.88. The molecule has 0 fully saturated rings. The molecule has 3 N–H and O–H groups in total. The highest BCUT2D eigenvalue weighted by Gasteiger charge is 2.27. The van der Waals surface area contributed by atoms with E-state index in [1.165, 1.54) is 0 Å². The van der Waals surface area contributed by atoms with Gasteiger partial charge in [-0.05, 0) is 12.3 Å². The van der Waals surface area contributed by atoms with E-state index in [0.717, 1.165) is 6.07 Å². The molecule has 0 aliphatic carbocycles. The average Bonchev–Trinajstić information content (AvgIpc) is 2.68. The second-order valence-electron chi connectivity index (χ2n) is 4.45. The minimum atomic E-state index is -3.77. The Labute approximate surface area is 116 Å². The SMILES string of the molecule is CCC(NS(=O)(=O)c1cc([N+](=O)[O-])c(N)s1)C(C)C. The molecular weight excluding hydrogens is 290 g/mol. The number of nitro groups is 1. The van der Waals surface area contributed by atoms with E-state index in [1.807, 2.05) is 20.8 Å². The predicted octanol–water partition coefficient (Wildman–Crippen LogP) is 1.95. The summed E-state index contributed by atoms with van der Waals surface area (Å²) in [7, 11) is -3.77. The van der Waals surface area contributed by atoms with E-state index >= 15 is 0 Å². The molecule has 108 valence electrons. The van der Waals surface area contributed by atoms with Crippen LogP contribution < -0.4 is 10.5 Å². The van der Waals surface area contributed by atoms with Gasteiger partial charge < -0.3 is 5.73 Å². The molecule has 1 atom stereocenters. The Balaban J connectivity index is 3.07. The van der Waals surface area contributed by atoms with Crippen LogP contribution in [0.25, 0.3) is 0 Å². The number of hydrogen-bond acceptors (Lipinski definition) is 6. The van der Waals surface area contributed by atoms with Crippen molar-refractivity contribution in [3.8, 4) is 0 Å². The molecule has 19 heavy (non-hydrogen) atoms. The minimum Gasteiger partial charge on any atom is -0.385 e. The Morgan fingerprint density at radius 1 is 1.53 bits per heavy atom. The third-order valence-corrected chi connectivity index (χ3v) is 5.65. The van der Waals surface area contributed by atoms with E-state index in [2.05, 4.69) is 4.72 Å². The van der Waals surface area contributed by atoms with Gasteiger partial charge in [-0.15, -0.1) is 0 Å². The highest BCUT2D eigenvalue weighted by Crippen LogP contribution is 2.34. The summed E-state index contributed by atoms with van der Waals surface area (Å²) in [6, 6.07) is 0.780. The molecule has 0 aliphatic rings. The van der Waals surface area contributed by atoms with Gasteiger partial charge in [0.1, 0.15) is 4.21 Å². The topological polar surface area (TPSA) is 115 Å². The summed E-state index contributed by atoms with van der Waals surface area (Å²) < 4.78 is 26.6. The van der Waals surface area contributed by atoms with E-state index in [1.54, 1.807) is 0 Å². The number of anilines is 1. The average molecular weight is 307 g/mol. The molecule has 1 unspecified atom stereocenters. The summed E-state index contributed by atoms with van der Waals surface area (Å²) in [5, 5.41) is 10.6. The van der Waals surface area contributed by atoms with Crippen molar-refractivity contribution in [2.45, 2.75) is 37.4 Å². The molecular formula is C10H17N3O4S2. The zero-order chi connectivity index (χ0) is 14.8. The van der Waals surface area contributed by atoms with Crippen molar-refractivity contribution in [2.24, 2.45) is 5.92 Å². The molecule has 0 aromatic carbocycles. The van der Waals surface area contributed by atoms with Crippen molar-refractivity contribution in [2.75, 3.05) is 5.73 Å². The van der Waals surface area contributed by atoms with Crippen LogP contribution in [0.3, 0.4) is 0 Å². The number of nitrogens with two attached hydrogens (primary N) is 1. The lowest BCUT2D eigenvalue weighted by Gasteiger charge is -2.19. The van der Waals surface area contributed by atoms with Crippen molar-refractivity contribution < 1.29 is 13.3 Å². The Morgan fingerprint density at radius 3 is 2.47 bits per heavy atom. The predicted molar refractivity (Wildman–Crippen MR) is 74.6 cm³/mol. The van der Waals surface area contributed by atoms with Crippen LogP contribution in [0.5, 0.6) is 0 Å². The number of thiophene rings is 1. The number of nitrogen functional groups attached to an aromatic ring is 1. The van der Waals surface area contributed by atoms with Gasteiger partial charge in [-0.2, -0.15) is 0 Å². The number of nitrogens with one attached hydrogen (secondary N) is 1.